The van der Waals surface area contributed by atoms with Crippen LogP contribution in [-0.4, -0.2) is 50.1 Å². The normalized spacial score (nSPS) is 17.9. The number of aryl methyl sites for hydroxylation is 1. The van der Waals surface area contributed by atoms with E-state index in [1.165, 1.54) is 23.2 Å². The zero-order chi connectivity index (χ0) is 18.8. The van der Waals surface area contributed by atoms with Gasteiger partial charge in [0, 0.05) is 31.5 Å². The van der Waals surface area contributed by atoms with Gasteiger partial charge in [-0.3, -0.25) is 9.88 Å². The number of nitrogens with one attached hydrogen (secondary N) is 1. The predicted molar refractivity (Wildman–Crippen MR) is 105 cm³/mol. The van der Waals surface area contributed by atoms with Crippen molar-refractivity contribution < 1.29 is 9.90 Å². The van der Waals surface area contributed by atoms with Gasteiger partial charge in [0.25, 0.3) is 0 Å². The first-order valence-electron chi connectivity index (χ1n) is 8.97. The number of aromatic carboxylic acids is 1. The van der Waals surface area contributed by atoms with Crippen molar-refractivity contribution in [2.45, 2.75) is 32.4 Å². The summed E-state index contributed by atoms with van der Waals surface area (Å²) in [6.07, 6.45) is 7.37. The molecule has 1 saturated heterocycles. The van der Waals surface area contributed by atoms with E-state index in [4.69, 9.17) is 0 Å². The maximum absolute atomic E-state index is 11.4. The molecular formula is C19H21N5O2S. The van der Waals surface area contributed by atoms with Crippen LogP contribution in [0.15, 0.2) is 30.9 Å². The molecule has 1 aliphatic heterocycles. The molecule has 1 fully saturated rings. The minimum absolute atomic E-state index is 0.265. The Kier molecular flexibility index (Phi) is 5.00. The molecule has 1 aliphatic rings. The molecule has 140 valence electrons. The van der Waals surface area contributed by atoms with Crippen molar-refractivity contribution in [3.05, 3.63) is 46.9 Å². The number of carbonyl (C=O) groups is 1. The molecule has 0 aromatic carbocycles. The fourth-order valence-electron chi connectivity index (χ4n) is 3.65. The van der Waals surface area contributed by atoms with E-state index in [9.17, 15) is 9.90 Å². The maximum Gasteiger partial charge on any atom is 0.346 e. The highest BCUT2D eigenvalue weighted by Gasteiger charge is 2.23. The van der Waals surface area contributed by atoms with Crippen LogP contribution in [0.3, 0.4) is 0 Å². The summed E-state index contributed by atoms with van der Waals surface area (Å²) in [5.41, 5.74) is 1.94. The number of carboxylic acids is 1. The fraction of sp³-hybridized carbons (Fsp3) is 0.368. The van der Waals surface area contributed by atoms with Crippen molar-refractivity contribution in [3.63, 3.8) is 0 Å². The summed E-state index contributed by atoms with van der Waals surface area (Å²) in [6.45, 7) is 4.68. The number of fused-ring (bicyclic) bond motifs is 1. The summed E-state index contributed by atoms with van der Waals surface area (Å²) in [4.78, 5) is 27.8. The predicted octanol–water partition coefficient (Wildman–Crippen LogP) is 3.17. The molecule has 0 aliphatic carbocycles. The summed E-state index contributed by atoms with van der Waals surface area (Å²) >= 11 is 1.20. The monoisotopic (exact) mass is 383 g/mol. The van der Waals surface area contributed by atoms with Crippen molar-refractivity contribution in [2.75, 3.05) is 18.4 Å². The molecule has 0 amide bonds. The first-order chi connectivity index (χ1) is 13.1. The first-order valence-corrected chi connectivity index (χ1v) is 9.78. The Hall–Kier alpha value is -2.58. The van der Waals surface area contributed by atoms with Gasteiger partial charge in [-0.15, -0.1) is 11.3 Å². The average molecular weight is 383 g/mol. The van der Waals surface area contributed by atoms with E-state index in [2.05, 4.69) is 31.2 Å². The number of rotatable bonds is 5. The Morgan fingerprint density at radius 2 is 2.33 bits per heavy atom. The Morgan fingerprint density at radius 3 is 3.11 bits per heavy atom. The largest absolute Gasteiger partial charge is 0.477 e. The number of nitrogens with zero attached hydrogens (tertiary/aromatic N) is 4. The minimum atomic E-state index is -0.915. The molecule has 7 nitrogen and oxygen atoms in total. The van der Waals surface area contributed by atoms with E-state index in [1.807, 2.05) is 19.2 Å². The molecule has 0 radical (unpaired) electrons. The summed E-state index contributed by atoms with van der Waals surface area (Å²) < 4.78 is 0. The topological polar surface area (TPSA) is 91.2 Å². The van der Waals surface area contributed by atoms with Gasteiger partial charge in [0.05, 0.1) is 5.39 Å². The van der Waals surface area contributed by atoms with Gasteiger partial charge in [-0.1, -0.05) is 6.07 Å². The van der Waals surface area contributed by atoms with E-state index in [-0.39, 0.29) is 6.04 Å². The molecule has 27 heavy (non-hydrogen) atoms. The lowest BCUT2D eigenvalue weighted by atomic mass is 10.0. The Morgan fingerprint density at radius 1 is 1.44 bits per heavy atom. The van der Waals surface area contributed by atoms with Crippen molar-refractivity contribution >= 4 is 33.3 Å². The molecule has 4 rings (SSSR count). The van der Waals surface area contributed by atoms with Crippen molar-refractivity contribution in [3.8, 4) is 0 Å². The van der Waals surface area contributed by atoms with Crippen molar-refractivity contribution in [1.29, 1.82) is 0 Å². The minimum Gasteiger partial charge on any atom is -0.477 e. The molecule has 3 aromatic rings. The Balaban J connectivity index is 1.52. The van der Waals surface area contributed by atoms with Gasteiger partial charge in [0.1, 0.15) is 21.9 Å². The molecule has 3 aromatic heterocycles. The average Bonchev–Trinajstić information content (AvgIpc) is 3.01. The van der Waals surface area contributed by atoms with Crippen molar-refractivity contribution in [2.24, 2.45) is 0 Å². The summed E-state index contributed by atoms with van der Waals surface area (Å²) in [5.74, 6) is -0.184. The number of hydrogen-bond acceptors (Lipinski definition) is 7. The summed E-state index contributed by atoms with van der Waals surface area (Å²) in [6, 6.07) is 4.33. The molecular weight excluding hydrogens is 362 g/mol. The molecule has 4 heterocycles. The number of pyridine rings is 1. The van der Waals surface area contributed by atoms with Gasteiger partial charge in [-0.05, 0) is 43.5 Å². The van der Waals surface area contributed by atoms with E-state index in [0.717, 1.165) is 49.2 Å². The summed E-state index contributed by atoms with van der Waals surface area (Å²) in [7, 11) is 0. The van der Waals surface area contributed by atoms with Crippen LogP contribution in [-0.2, 0) is 6.54 Å². The Bertz CT molecular complexity index is 959. The fourth-order valence-corrected chi connectivity index (χ4v) is 4.63. The molecule has 2 N–H and O–H groups in total. The van der Waals surface area contributed by atoms with Crippen LogP contribution in [0.2, 0.25) is 0 Å². The maximum atomic E-state index is 11.4. The van der Waals surface area contributed by atoms with Gasteiger partial charge >= 0.3 is 5.97 Å². The van der Waals surface area contributed by atoms with E-state index < -0.39 is 5.97 Å². The van der Waals surface area contributed by atoms with Crippen LogP contribution in [0.1, 0.15) is 33.6 Å². The van der Waals surface area contributed by atoms with Crippen molar-refractivity contribution in [1.82, 2.24) is 19.9 Å². The number of anilines is 1. The third-order valence-electron chi connectivity index (χ3n) is 4.90. The van der Waals surface area contributed by atoms with Crippen LogP contribution in [0.4, 0.5) is 5.82 Å². The number of likely N-dealkylation sites (tertiary alicyclic amines) is 1. The molecule has 0 bridgehead atoms. The van der Waals surface area contributed by atoms with E-state index in [0.29, 0.717) is 9.71 Å². The highest BCUT2D eigenvalue weighted by atomic mass is 32.1. The SMILES string of the molecule is Cc1c(C(=O)O)sc2ncnc(N[C@@H]3CCCN(Cc4cccnc4)C3)c12. The second kappa shape index (κ2) is 7.58. The molecule has 0 saturated carbocycles. The lowest BCUT2D eigenvalue weighted by molar-refractivity contribution is 0.0701. The molecule has 0 spiro atoms. The lowest BCUT2D eigenvalue weighted by Crippen LogP contribution is -2.41. The number of aromatic nitrogens is 3. The molecule has 8 heteroatoms. The highest BCUT2D eigenvalue weighted by molar-refractivity contribution is 7.20. The first kappa shape index (κ1) is 17.8. The molecule has 0 unspecified atom stereocenters. The number of carboxylic acid groups (broad SMARTS) is 1. The lowest BCUT2D eigenvalue weighted by Gasteiger charge is -2.33. The van der Waals surface area contributed by atoms with Gasteiger partial charge in [0.15, 0.2) is 0 Å². The van der Waals surface area contributed by atoms with Crippen LogP contribution >= 0.6 is 11.3 Å². The smallest absolute Gasteiger partial charge is 0.346 e. The second-order valence-corrected chi connectivity index (χ2v) is 7.84. The van der Waals surface area contributed by atoms with E-state index in [1.54, 1.807) is 6.20 Å². The highest BCUT2D eigenvalue weighted by Crippen LogP contribution is 2.33. The summed E-state index contributed by atoms with van der Waals surface area (Å²) in [5, 5.41) is 13.7. The molecule has 1 atom stereocenters. The zero-order valence-corrected chi connectivity index (χ0v) is 15.9. The number of piperidine rings is 1. The number of hydrogen-bond donors (Lipinski definition) is 2. The standard InChI is InChI=1S/C19H21N5O2S/c1-12-15-17(21-11-22-18(15)27-16(12)19(25)26)23-14-5-3-7-24(10-14)9-13-4-2-6-20-8-13/h2,4,6,8,11,14H,3,5,7,9-10H2,1H3,(H,25,26)(H,21,22,23)/t14-/m1/s1. The quantitative estimate of drug-likeness (QED) is 0.699. The van der Waals surface area contributed by atoms with Crippen LogP contribution in [0, 0.1) is 6.92 Å². The Labute approximate surface area is 161 Å². The van der Waals surface area contributed by atoms with Crippen LogP contribution < -0.4 is 5.32 Å². The second-order valence-electron chi connectivity index (χ2n) is 6.84. The van der Waals surface area contributed by atoms with Crippen LogP contribution in [0.5, 0.6) is 0 Å². The number of thiophene rings is 1. The zero-order valence-electron chi connectivity index (χ0n) is 15.1. The third kappa shape index (κ3) is 3.77. The van der Waals surface area contributed by atoms with Gasteiger partial charge in [0.2, 0.25) is 0 Å². The van der Waals surface area contributed by atoms with Gasteiger partial charge < -0.3 is 10.4 Å². The van der Waals surface area contributed by atoms with Crippen LogP contribution in [0.25, 0.3) is 10.2 Å². The van der Waals surface area contributed by atoms with Gasteiger partial charge in [-0.25, -0.2) is 14.8 Å². The van der Waals surface area contributed by atoms with E-state index >= 15 is 0 Å². The third-order valence-corrected chi connectivity index (χ3v) is 6.08. The van der Waals surface area contributed by atoms with Gasteiger partial charge in [-0.2, -0.15) is 0 Å².